The Bertz CT molecular complexity index is 902. The lowest BCUT2D eigenvalue weighted by Gasteiger charge is -2.08. The molecule has 1 N–H and O–H groups in total. The lowest BCUT2D eigenvalue weighted by Crippen LogP contribution is -2.17. The molecule has 0 atom stereocenters. The van der Waals surface area contributed by atoms with E-state index in [9.17, 15) is 9.18 Å². The highest BCUT2D eigenvalue weighted by Crippen LogP contribution is 2.36. The zero-order valence-electron chi connectivity index (χ0n) is 13.5. The van der Waals surface area contributed by atoms with E-state index >= 15 is 0 Å². The first-order chi connectivity index (χ1) is 12.0. The number of carbonyl (C=O) groups is 1. The fourth-order valence-corrected chi connectivity index (χ4v) is 2.51. The molecule has 1 amide bonds. The van der Waals surface area contributed by atoms with E-state index < -0.39 is 11.9 Å². The maximum Gasteiger partial charge on any atom is 0.417 e. The predicted octanol–water partition coefficient (Wildman–Crippen LogP) is 5.36. The Morgan fingerprint density at radius 3 is 2.60 bits per heavy atom. The number of aryl methyl sites for hydroxylation is 2. The van der Waals surface area contributed by atoms with Crippen molar-refractivity contribution in [3.8, 4) is 17.0 Å². The van der Waals surface area contributed by atoms with E-state index in [4.69, 9.17) is 20.9 Å². The number of hydrogen-bond donors (Lipinski definition) is 1. The van der Waals surface area contributed by atoms with E-state index in [2.05, 4.69) is 10.5 Å². The van der Waals surface area contributed by atoms with Crippen LogP contribution in [-0.4, -0.2) is 11.2 Å². The van der Waals surface area contributed by atoms with Crippen molar-refractivity contribution in [2.45, 2.75) is 13.8 Å². The van der Waals surface area contributed by atoms with Gasteiger partial charge in [0.2, 0.25) is 0 Å². The average molecular weight is 361 g/mol. The largest absolute Gasteiger partial charge is 0.417 e. The van der Waals surface area contributed by atoms with Crippen molar-refractivity contribution in [1.82, 2.24) is 5.16 Å². The molecule has 3 rings (SSSR count). The molecule has 0 radical (unpaired) electrons. The average Bonchev–Trinajstić information content (AvgIpc) is 2.91. The summed E-state index contributed by atoms with van der Waals surface area (Å²) in [5.74, 6) is 0.105. The van der Waals surface area contributed by atoms with Crippen LogP contribution in [0.3, 0.4) is 0 Å². The molecule has 1 aromatic heterocycles. The number of benzene rings is 2. The van der Waals surface area contributed by atoms with E-state index in [0.29, 0.717) is 11.5 Å². The Morgan fingerprint density at radius 1 is 1.20 bits per heavy atom. The zero-order chi connectivity index (χ0) is 18.0. The quantitative estimate of drug-likeness (QED) is 0.682. The van der Waals surface area contributed by atoms with Gasteiger partial charge in [0.25, 0.3) is 0 Å². The molecule has 5 nitrogen and oxygen atoms in total. The summed E-state index contributed by atoms with van der Waals surface area (Å²) >= 11 is 6.06. The van der Waals surface area contributed by atoms with Crippen molar-refractivity contribution >= 4 is 23.4 Å². The molecule has 0 spiro atoms. The Labute approximate surface area is 148 Å². The summed E-state index contributed by atoms with van der Waals surface area (Å²) in [5.41, 5.74) is 1.39. The summed E-state index contributed by atoms with van der Waals surface area (Å²) < 4.78 is 24.4. The summed E-state index contributed by atoms with van der Waals surface area (Å²) in [4.78, 5) is 12.1. The molecule has 3 aromatic rings. The van der Waals surface area contributed by atoms with Crippen LogP contribution in [-0.2, 0) is 0 Å². The number of ether oxygens (including phenoxy) is 1. The van der Waals surface area contributed by atoms with Crippen LogP contribution in [0.25, 0.3) is 11.3 Å². The van der Waals surface area contributed by atoms with Crippen LogP contribution in [0.1, 0.15) is 11.3 Å². The molecular weight excluding hydrogens is 347 g/mol. The molecule has 128 valence electrons. The van der Waals surface area contributed by atoms with Crippen molar-refractivity contribution in [3.05, 3.63) is 64.6 Å². The normalized spacial score (nSPS) is 10.6. The van der Waals surface area contributed by atoms with Crippen LogP contribution in [0.4, 0.5) is 14.9 Å². The number of amides is 1. The third-order valence-corrected chi connectivity index (χ3v) is 3.84. The minimum absolute atomic E-state index is 0.0478. The molecule has 0 saturated carbocycles. The maximum absolute atomic E-state index is 14.1. The van der Waals surface area contributed by atoms with Crippen molar-refractivity contribution in [2.75, 3.05) is 5.32 Å². The van der Waals surface area contributed by atoms with Crippen molar-refractivity contribution < 1.29 is 18.4 Å². The van der Waals surface area contributed by atoms with Gasteiger partial charge in [-0.1, -0.05) is 40.5 Å². The highest BCUT2D eigenvalue weighted by atomic mass is 35.5. The molecule has 2 aromatic carbocycles. The van der Waals surface area contributed by atoms with Gasteiger partial charge in [-0.2, -0.15) is 0 Å². The molecule has 1 heterocycles. The lowest BCUT2D eigenvalue weighted by atomic mass is 10.1. The molecule has 0 aliphatic carbocycles. The minimum Gasteiger partial charge on any atom is -0.410 e. The first kappa shape index (κ1) is 17.0. The molecule has 0 unspecified atom stereocenters. The van der Waals surface area contributed by atoms with Gasteiger partial charge in [0.15, 0.2) is 5.76 Å². The lowest BCUT2D eigenvalue weighted by molar-refractivity contribution is 0.215. The van der Waals surface area contributed by atoms with E-state index in [1.165, 1.54) is 18.2 Å². The SMILES string of the molecule is Cc1ccc(OC(=O)Nc2c(-c3c(F)cccc3Cl)noc2C)cc1. The highest BCUT2D eigenvalue weighted by Gasteiger charge is 2.22. The van der Waals surface area contributed by atoms with Crippen molar-refractivity contribution in [3.63, 3.8) is 0 Å². The molecule has 0 saturated heterocycles. The number of halogens is 2. The van der Waals surface area contributed by atoms with Crippen LogP contribution >= 0.6 is 11.6 Å². The Hall–Kier alpha value is -2.86. The number of nitrogens with zero attached hydrogens (tertiary/aromatic N) is 1. The summed E-state index contributed by atoms with van der Waals surface area (Å²) in [6.45, 7) is 3.52. The molecule has 0 aliphatic heterocycles. The van der Waals surface area contributed by atoms with Gasteiger partial charge in [-0.15, -0.1) is 0 Å². The second-order valence-electron chi connectivity index (χ2n) is 5.39. The van der Waals surface area contributed by atoms with Gasteiger partial charge in [-0.05, 0) is 38.1 Å². The van der Waals surface area contributed by atoms with E-state index in [0.717, 1.165) is 5.56 Å². The Balaban J connectivity index is 1.87. The zero-order valence-corrected chi connectivity index (χ0v) is 14.2. The van der Waals surface area contributed by atoms with Gasteiger partial charge in [-0.3, -0.25) is 5.32 Å². The number of nitrogens with one attached hydrogen (secondary N) is 1. The second-order valence-corrected chi connectivity index (χ2v) is 5.79. The summed E-state index contributed by atoms with van der Waals surface area (Å²) in [6, 6.07) is 11.2. The van der Waals surface area contributed by atoms with E-state index in [-0.39, 0.29) is 22.0 Å². The first-order valence-electron chi connectivity index (χ1n) is 7.42. The highest BCUT2D eigenvalue weighted by molar-refractivity contribution is 6.33. The van der Waals surface area contributed by atoms with E-state index in [1.807, 2.05) is 19.1 Å². The topological polar surface area (TPSA) is 64.4 Å². The fourth-order valence-electron chi connectivity index (χ4n) is 2.25. The number of carbonyl (C=O) groups excluding carboxylic acids is 1. The van der Waals surface area contributed by atoms with Crippen LogP contribution < -0.4 is 10.1 Å². The second kappa shape index (κ2) is 6.94. The summed E-state index contributed by atoms with van der Waals surface area (Å²) in [7, 11) is 0. The molecular formula is C18H14ClFN2O3. The Kier molecular flexibility index (Phi) is 4.72. The molecule has 0 bridgehead atoms. The molecule has 25 heavy (non-hydrogen) atoms. The van der Waals surface area contributed by atoms with Crippen LogP contribution in [0.2, 0.25) is 5.02 Å². The van der Waals surface area contributed by atoms with Gasteiger partial charge in [0, 0.05) is 0 Å². The summed E-state index contributed by atoms with van der Waals surface area (Å²) in [6.07, 6.45) is -0.746. The standard InChI is InChI=1S/C18H14ClFN2O3/c1-10-6-8-12(9-7-10)24-18(23)21-16-11(2)25-22-17(16)15-13(19)4-3-5-14(15)20/h3-9H,1-2H3,(H,21,23). The van der Waals surface area contributed by atoms with E-state index in [1.54, 1.807) is 19.1 Å². The van der Waals surface area contributed by atoms with Gasteiger partial charge in [-0.25, -0.2) is 9.18 Å². The number of hydrogen-bond acceptors (Lipinski definition) is 4. The third kappa shape index (κ3) is 3.64. The first-order valence-corrected chi connectivity index (χ1v) is 7.79. The van der Waals surface area contributed by atoms with Gasteiger partial charge in [0.1, 0.15) is 22.9 Å². The molecule has 0 fully saturated rings. The Morgan fingerprint density at radius 2 is 1.92 bits per heavy atom. The molecule has 0 aliphatic rings. The predicted molar refractivity (Wildman–Crippen MR) is 92.5 cm³/mol. The molecule has 7 heteroatoms. The van der Waals surface area contributed by atoms with Crippen LogP contribution in [0.15, 0.2) is 47.0 Å². The van der Waals surface area contributed by atoms with Crippen molar-refractivity contribution in [2.24, 2.45) is 0 Å². The summed E-state index contributed by atoms with van der Waals surface area (Å²) in [5, 5.41) is 6.50. The van der Waals surface area contributed by atoms with Crippen LogP contribution in [0.5, 0.6) is 5.75 Å². The maximum atomic E-state index is 14.1. The number of anilines is 1. The smallest absolute Gasteiger partial charge is 0.410 e. The van der Waals surface area contributed by atoms with Gasteiger partial charge >= 0.3 is 6.09 Å². The van der Waals surface area contributed by atoms with Gasteiger partial charge < -0.3 is 9.26 Å². The van der Waals surface area contributed by atoms with Gasteiger partial charge in [0.05, 0.1) is 10.6 Å². The van der Waals surface area contributed by atoms with Crippen molar-refractivity contribution in [1.29, 1.82) is 0 Å². The third-order valence-electron chi connectivity index (χ3n) is 3.52. The fraction of sp³-hybridized carbons (Fsp3) is 0.111. The minimum atomic E-state index is -0.746. The number of aromatic nitrogens is 1. The van der Waals surface area contributed by atoms with Crippen LogP contribution in [0, 0.1) is 19.7 Å². The monoisotopic (exact) mass is 360 g/mol. The number of rotatable bonds is 3.